The minimum atomic E-state index is 0.459. The van der Waals surface area contributed by atoms with Crippen LogP contribution in [0.25, 0.3) is 0 Å². The molecule has 0 amide bonds. The van der Waals surface area contributed by atoms with Crippen molar-refractivity contribution in [2.45, 2.75) is 18.8 Å². The summed E-state index contributed by atoms with van der Waals surface area (Å²) in [7, 11) is 4.02. The molecule has 0 saturated heterocycles. The summed E-state index contributed by atoms with van der Waals surface area (Å²) in [6, 6.07) is 8.13. The van der Waals surface area contributed by atoms with E-state index in [0.717, 1.165) is 30.2 Å². The lowest BCUT2D eigenvalue weighted by molar-refractivity contribution is 0.568. The lowest BCUT2D eigenvalue weighted by Gasteiger charge is -2.17. The Bertz CT molecular complexity index is 522. The number of hydrogen-bond acceptors (Lipinski definition) is 2. The van der Waals surface area contributed by atoms with Crippen LogP contribution in [0.2, 0.25) is 5.02 Å². The Morgan fingerprint density at radius 2 is 2.26 bits per heavy atom. The van der Waals surface area contributed by atoms with E-state index in [1.165, 1.54) is 5.56 Å². The van der Waals surface area contributed by atoms with Gasteiger partial charge in [-0.05, 0) is 37.1 Å². The van der Waals surface area contributed by atoms with Crippen molar-refractivity contribution < 1.29 is 0 Å². The van der Waals surface area contributed by atoms with Crippen molar-refractivity contribution in [2.75, 3.05) is 13.6 Å². The van der Waals surface area contributed by atoms with E-state index in [0.29, 0.717) is 5.92 Å². The Hall–Kier alpha value is -1.32. The van der Waals surface area contributed by atoms with Crippen molar-refractivity contribution in [3.63, 3.8) is 0 Å². The number of nitrogens with one attached hydrogen (secondary N) is 1. The number of hydrogen-bond donors (Lipinski definition) is 1. The van der Waals surface area contributed by atoms with Crippen molar-refractivity contribution in [3.05, 3.63) is 53.1 Å². The first-order chi connectivity index (χ1) is 9.20. The lowest BCUT2D eigenvalue weighted by Crippen LogP contribution is -2.18. The van der Waals surface area contributed by atoms with Crippen LogP contribution in [0.3, 0.4) is 0 Å². The molecule has 1 heterocycles. The number of likely N-dealkylation sites (N-methyl/N-ethyl adjacent to an activating group) is 1. The molecular formula is C15H20ClN3. The fraction of sp³-hybridized carbons (Fsp3) is 0.400. The Kier molecular flexibility index (Phi) is 5.00. The monoisotopic (exact) mass is 277 g/mol. The molecule has 0 bridgehead atoms. The molecular weight excluding hydrogens is 258 g/mol. The zero-order valence-corrected chi connectivity index (χ0v) is 12.2. The van der Waals surface area contributed by atoms with Crippen LogP contribution in [0.4, 0.5) is 0 Å². The van der Waals surface area contributed by atoms with Crippen LogP contribution in [0.15, 0.2) is 36.7 Å². The van der Waals surface area contributed by atoms with E-state index in [2.05, 4.69) is 27.0 Å². The predicted molar refractivity (Wildman–Crippen MR) is 79.6 cm³/mol. The molecule has 0 aliphatic heterocycles. The number of aryl methyl sites for hydroxylation is 2. The van der Waals surface area contributed by atoms with Crippen molar-refractivity contribution in [3.8, 4) is 0 Å². The van der Waals surface area contributed by atoms with Crippen molar-refractivity contribution >= 4 is 11.6 Å². The molecule has 1 aromatic carbocycles. The van der Waals surface area contributed by atoms with E-state index in [-0.39, 0.29) is 0 Å². The highest BCUT2D eigenvalue weighted by molar-refractivity contribution is 6.30. The third-order valence-corrected chi connectivity index (χ3v) is 3.64. The molecule has 1 N–H and O–H groups in total. The van der Waals surface area contributed by atoms with Crippen molar-refractivity contribution in [2.24, 2.45) is 7.05 Å². The van der Waals surface area contributed by atoms with Crippen LogP contribution in [0.1, 0.15) is 23.7 Å². The Morgan fingerprint density at radius 1 is 1.42 bits per heavy atom. The number of halogens is 1. The predicted octanol–water partition coefficient (Wildman–Crippen LogP) is 3.01. The fourth-order valence-electron chi connectivity index (χ4n) is 2.33. The zero-order valence-electron chi connectivity index (χ0n) is 11.4. The molecule has 19 heavy (non-hydrogen) atoms. The van der Waals surface area contributed by atoms with Crippen LogP contribution >= 0.6 is 11.6 Å². The number of aromatic nitrogens is 2. The summed E-state index contributed by atoms with van der Waals surface area (Å²) in [6.45, 7) is 0.949. The quantitative estimate of drug-likeness (QED) is 0.880. The summed E-state index contributed by atoms with van der Waals surface area (Å²) in [4.78, 5) is 4.38. The smallest absolute Gasteiger partial charge is 0.108 e. The molecule has 2 aromatic rings. The van der Waals surface area contributed by atoms with E-state index >= 15 is 0 Å². The van der Waals surface area contributed by atoms with Gasteiger partial charge in [0.05, 0.1) is 0 Å². The standard InChI is InChI=1S/C15H20ClN3/c1-17-11-13(12-4-3-5-14(16)10-12)6-7-15-18-8-9-19(15)2/h3-5,8-10,13,17H,6-7,11H2,1-2H3. The lowest BCUT2D eigenvalue weighted by atomic mass is 9.94. The second-order valence-corrected chi connectivity index (χ2v) is 5.24. The van der Waals surface area contributed by atoms with Crippen LogP contribution in [-0.2, 0) is 13.5 Å². The molecule has 0 aliphatic carbocycles. The molecule has 4 heteroatoms. The first-order valence-electron chi connectivity index (χ1n) is 6.57. The highest BCUT2D eigenvalue weighted by Crippen LogP contribution is 2.23. The van der Waals surface area contributed by atoms with Gasteiger partial charge in [-0.2, -0.15) is 0 Å². The molecule has 0 radical (unpaired) electrons. The number of rotatable bonds is 6. The number of imidazole rings is 1. The molecule has 102 valence electrons. The summed E-state index contributed by atoms with van der Waals surface area (Å²) in [6.07, 6.45) is 5.87. The van der Waals surface area contributed by atoms with E-state index in [1.807, 2.05) is 38.6 Å². The number of nitrogens with zero attached hydrogens (tertiary/aromatic N) is 2. The van der Waals surface area contributed by atoms with Gasteiger partial charge in [0.1, 0.15) is 5.82 Å². The largest absolute Gasteiger partial charge is 0.338 e. The van der Waals surface area contributed by atoms with Crippen molar-refractivity contribution in [1.82, 2.24) is 14.9 Å². The fourth-order valence-corrected chi connectivity index (χ4v) is 2.53. The van der Waals surface area contributed by atoms with Gasteiger partial charge in [0.15, 0.2) is 0 Å². The second-order valence-electron chi connectivity index (χ2n) is 4.80. The summed E-state index contributed by atoms with van der Waals surface area (Å²) in [5.74, 6) is 1.59. The first kappa shape index (κ1) is 14.1. The summed E-state index contributed by atoms with van der Waals surface area (Å²) >= 11 is 6.08. The van der Waals surface area contributed by atoms with Gasteiger partial charge in [-0.15, -0.1) is 0 Å². The molecule has 1 unspecified atom stereocenters. The van der Waals surface area contributed by atoms with E-state index in [1.54, 1.807) is 0 Å². The van der Waals surface area contributed by atoms with Gasteiger partial charge in [-0.3, -0.25) is 0 Å². The molecule has 2 rings (SSSR count). The van der Waals surface area contributed by atoms with Gasteiger partial charge in [0, 0.05) is 37.4 Å². The Labute approximate surface area is 119 Å². The summed E-state index contributed by atoms with van der Waals surface area (Å²) < 4.78 is 2.08. The maximum absolute atomic E-state index is 6.08. The molecule has 0 fully saturated rings. The normalized spacial score (nSPS) is 12.6. The van der Waals surface area contributed by atoms with Gasteiger partial charge in [0.2, 0.25) is 0 Å². The van der Waals surface area contributed by atoms with Crippen LogP contribution in [-0.4, -0.2) is 23.1 Å². The zero-order chi connectivity index (χ0) is 13.7. The summed E-state index contributed by atoms with van der Waals surface area (Å²) in [5.41, 5.74) is 1.29. The SMILES string of the molecule is CNCC(CCc1nccn1C)c1cccc(Cl)c1. The third kappa shape index (κ3) is 3.82. The maximum Gasteiger partial charge on any atom is 0.108 e. The molecule has 0 aliphatic rings. The topological polar surface area (TPSA) is 29.9 Å². The van der Waals surface area contributed by atoms with Gasteiger partial charge >= 0.3 is 0 Å². The molecule has 1 aromatic heterocycles. The average molecular weight is 278 g/mol. The highest BCUT2D eigenvalue weighted by Gasteiger charge is 2.12. The van der Waals surface area contributed by atoms with Crippen LogP contribution in [0, 0.1) is 0 Å². The van der Waals surface area contributed by atoms with Gasteiger partial charge < -0.3 is 9.88 Å². The second kappa shape index (κ2) is 6.73. The number of benzene rings is 1. The Balaban J connectivity index is 2.06. The molecule has 1 atom stereocenters. The van der Waals surface area contributed by atoms with Crippen molar-refractivity contribution in [1.29, 1.82) is 0 Å². The highest BCUT2D eigenvalue weighted by atomic mass is 35.5. The average Bonchev–Trinajstić information content (AvgIpc) is 2.80. The first-order valence-corrected chi connectivity index (χ1v) is 6.94. The van der Waals surface area contributed by atoms with Crippen LogP contribution in [0.5, 0.6) is 0 Å². The van der Waals surface area contributed by atoms with Crippen LogP contribution < -0.4 is 5.32 Å². The van der Waals surface area contributed by atoms with Gasteiger partial charge in [-0.1, -0.05) is 23.7 Å². The maximum atomic E-state index is 6.08. The summed E-state index contributed by atoms with van der Waals surface area (Å²) in [5, 5.41) is 4.06. The third-order valence-electron chi connectivity index (χ3n) is 3.41. The van der Waals surface area contributed by atoms with E-state index in [4.69, 9.17) is 11.6 Å². The molecule has 0 spiro atoms. The van der Waals surface area contributed by atoms with E-state index < -0.39 is 0 Å². The Morgan fingerprint density at radius 3 is 2.89 bits per heavy atom. The van der Waals surface area contributed by atoms with E-state index in [9.17, 15) is 0 Å². The minimum Gasteiger partial charge on any atom is -0.338 e. The van der Waals surface area contributed by atoms with Gasteiger partial charge in [-0.25, -0.2) is 4.98 Å². The molecule has 0 saturated carbocycles. The van der Waals surface area contributed by atoms with Gasteiger partial charge in [0.25, 0.3) is 0 Å². The molecule has 3 nitrogen and oxygen atoms in total. The minimum absolute atomic E-state index is 0.459.